The molecule has 256 valence electrons. The highest BCUT2D eigenvalue weighted by Crippen LogP contribution is 2.68. The molecule has 11 atom stereocenters. The van der Waals surface area contributed by atoms with E-state index in [0.29, 0.717) is 52.4 Å². The Bertz CT molecular complexity index is 874. The second-order valence-corrected chi connectivity index (χ2v) is 16.3. The Hall–Kier alpha value is -0.730. The number of unbranched alkanes of at least 4 members (excludes halogenated alkanes) is 1. The minimum Gasteiger partial charge on any atom is -0.481 e. The zero-order chi connectivity index (χ0) is 31.7. The first-order chi connectivity index (χ1) is 21.1. The van der Waals surface area contributed by atoms with Gasteiger partial charge in [0, 0.05) is 6.04 Å². The van der Waals surface area contributed by atoms with Crippen molar-refractivity contribution in [3.8, 4) is 0 Å². The summed E-state index contributed by atoms with van der Waals surface area (Å²) in [5, 5.41) is 32.0. The van der Waals surface area contributed by atoms with Crippen LogP contribution < -0.4 is 21.7 Å². The van der Waals surface area contributed by atoms with E-state index in [-0.39, 0.29) is 12.0 Å². The number of aliphatic carboxylic acids is 1. The topological polar surface area (TPSA) is 120 Å². The fraction of sp³-hybridized carbons (Fsp3) is 0.973. The van der Waals surface area contributed by atoms with Crippen molar-refractivity contribution >= 4 is 5.97 Å². The van der Waals surface area contributed by atoms with Gasteiger partial charge in [-0.25, -0.2) is 0 Å². The molecule has 0 radical (unpaired) electrons. The normalized spacial score (nSPS) is 38.0. The molecule has 0 spiro atoms. The van der Waals surface area contributed by atoms with E-state index >= 15 is 0 Å². The van der Waals surface area contributed by atoms with Gasteiger partial charge in [-0.05, 0) is 169 Å². The number of carboxylic acids is 1. The number of hydrogen-bond donors (Lipinski definition) is 6. The second-order valence-electron chi connectivity index (χ2n) is 16.3. The maximum Gasteiger partial charge on any atom is 0.306 e. The van der Waals surface area contributed by atoms with Gasteiger partial charge < -0.3 is 31.9 Å². The van der Waals surface area contributed by atoms with Crippen LogP contribution in [0.1, 0.15) is 124 Å². The van der Waals surface area contributed by atoms with E-state index in [1.807, 2.05) is 6.92 Å². The van der Waals surface area contributed by atoms with Crippen LogP contribution in [-0.2, 0) is 4.79 Å². The fourth-order valence-corrected chi connectivity index (χ4v) is 11.0. The number of rotatable bonds is 19. The SMILES string of the molecule is CC(CCC[C@@H](C)[C@H]1CCC2C3C(CC[C@@]21C)[C@@]1(C)CC[C@@H](NCCCNCCCCNCCCN)C[C@H]1C[C@H]3O)C(=O)O. The lowest BCUT2D eigenvalue weighted by Crippen LogP contribution is -2.59. The first kappa shape index (κ1) is 36.1. The highest BCUT2D eigenvalue weighted by atomic mass is 16.4. The molecule has 0 saturated heterocycles. The number of aliphatic hydroxyl groups excluding tert-OH is 1. The molecule has 0 aromatic carbocycles. The lowest BCUT2D eigenvalue weighted by molar-refractivity contribution is -0.167. The molecule has 7 N–H and O–H groups in total. The monoisotopic (exact) mass is 619 g/mol. The molecule has 0 aliphatic heterocycles. The molecule has 0 heterocycles. The first-order valence-corrected chi connectivity index (χ1v) is 18.9. The zero-order valence-corrected chi connectivity index (χ0v) is 28.9. The van der Waals surface area contributed by atoms with Crippen LogP contribution in [-0.4, -0.2) is 67.6 Å². The van der Waals surface area contributed by atoms with Gasteiger partial charge in [-0.2, -0.15) is 0 Å². The zero-order valence-electron chi connectivity index (χ0n) is 28.9. The Balaban J connectivity index is 1.20. The Kier molecular flexibility index (Phi) is 13.9. The maximum absolute atomic E-state index is 11.8. The number of nitrogens with one attached hydrogen (secondary N) is 3. The van der Waals surface area contributed by atoms with Crippen molar-refractivity contribution in [3.63, 3.8) is 0 Å². The van der Waals surface area contributed by atoms with Crippen LogP contribution in [0.5, 0.6) is 0 Å². The summed E-state index contributed by atoms with van der Waals surface area (Å²) in [7, 11) is 0. The van der Waals surface area contributed by atoms with Crippen LogP contribution in [0.3, 0.4) is 0 Å². The summed E-state index contributed by atoms with van der Waals surface area (Å²) in [6, 6.07) is 0.603. The van der Waals surface area contributed by atoms with Gasteiger partial charge in [0.15, 0.2) is 0 Å². The minimum atomic E-state index is -0.663. The van der Waals surface area contributed by atoms with Crippen molar-refractivity contribution in [2.45, 2.75) is 136 Å². The van der Waals surface area contributed by atoms with Gasteiger partial charge >= 0.3 is 5.97 Å². The molecule has 0 aromatic rings. The summed E-state index contributed by atoms with van der Waals surface area (Å²) in [6.07, 6.45) is 17.5. The van der Waals surface area contributed by atoms with Crippen molar-refractivity contribution in [2.24, 2.45) is 58.0 Å². The van der Waals surface area contributed by atoms with Gasteiger partial charge in [-0.15, -0.1) is 0 Å². The van der Waals surface area contributed by atoms with Crippen LogP contribution in [0.4, 0.5) is 0 Å². The Labute approximate surface area is 270 Å². The summed E-state index contributed by atoms with van der Waals surface area (Å²) < 4.78 is 0. The lowest BCUT2D eigenvalue weighted by atomic mass is 9.43. The van der Waals surface area contributed by atoms with E-state index in [4.69, 9.17) is 5.73 Å². The van der Waals surface area contributed by atoms with Gasteiger partial charge in [0.1, 0.15) is 0 Å². The Morgan fingerprint density at radius 2 is 1.48 bits per heavy atom. The van der Waals surface area contributed by atoms with Crippen LogP contribution in [0, 0.1) is 52.3 Å². The highest BCUT2D eigenvalue weighted by Gasteiger charge is 2.62. The molecule has 4 aliphatic rings. The molecule has 4 rings (SSSR count). The van der Waals surface area contributed by atoms with Gasteiger partial charge in [0.05, 0.1) is 12.0 Å². The Morgan fingerprint density at radius 3 is 2.18 bits per heavy atom. The summed E-state index contributed by atoms with van der Waals surface area (Å²) in [5.41, 5.74) is 6.24. The molecule has 44 heavy (non-hydrogen) atoms. The molecule has 4 saturated carbocycles. The van der Waals surface area contributed by atoms with Crippen molar-refractivity contribution in [3.05, 3.63) is 0 Å². The van der Waals surface area contributed by atoms with E-state index in [1.165, 1.54) is 64.2 Å². The van der Waals surface area contributed by atoms with Crippen molar-refractivity contribution in [1.82, 2.24) is 16.0 Å². The molecular formula is C37H70N4O3. The van der Waals surface area contributed by atoms with Crippen LogP contribution in [0.2, 0.25) is 0 Å². The predicted molar refractivity (Wildman–Crippen MR) is 181 cm³/mol. The molecule has 0 bridgehead atoms. The van der Waals surface area contributed by atoms with Crippen molar-refractivity contribution < 1.29 is 15.0 Å². The highest BCUT2D eigenvalue weighted by molar-refractivity contribution is 5.69. The molecule has 4 aliphatic carbocycles. The minimum absolute atomic E-state index is 0.146. The number of aliphatic hydroxyl groups is 1. The number of carbonyl (C=O) groups is 1. The van der Waals surface area contributed by atoms with Crippen molar-refractivity contribution in [2.75, 3.05) is 39.3 Å². The van der Waals surface area contributed by atoms with Crippen LogP contribution >= 0.6 is 0 Å². The number of nitrogens with two attached hydrogens (primary N) is 1. The second kappa shape index (κ2) is 16.9. The molecule has 0 aromatic heterocycles. The first-order valence-electron chi connectivity index (χ1n) is 18.9. The average molecular weight is 619 g/mol. The molecular weight excluding hydrogens is 548 g/mol. The fourth-order valence-electron chi connectivity index (χ4n) is 11.0. The van der Waals surface area contributed by atoms with E-state index in [0.717, 1.165) is 71.4 Å². The van der Waals surface area contributed by atoms with Gasteiger partial charge in [0.25, 0.3) is 0 Å². The number of hydrogen-bond acceptors (Lipinski definition) is 6. The van der Waals surface area contributed by atoms with E-state index < -0.39 is 5.97 Å². The third kappa shape index (κ3) is 8.59. The van der Waals surface area contributed by atoms with Gasteiger partial charge in [-0.3, -0.25) is 4.79 Å². The van der Waals surface area contributed by atoms with E-state index in [2.05, 4.69) is 36.7 Å². The molecule has 7 heteroatoms. The summed E-state index contributed by atoms with van der Waals surface area (Å²) >= 11 is 0. The van der Waals surface area contributed by atoms with Gasteiger partial charge in [-0.1, -0.05) is 40.5 Å². The predicted octanol–water partition coefficient (Wildman–Crippen LogP) is 5.80. The summed E-state index contributed by atoms with van der Waals surface area (Å²) in [6.45, 7) is 15.6. The molecule has 7 nitrogen and oxygen atoms in total. The maximum atomic E-state index is 11.8. The third-order valence-corrected chi connectivity index (χ3v) is 13.6. The van der Waals surface area contributed by atoms with E-state index in [9.17, 15) is 15.0 Å². The standard InChI is InChI=1S/C37H70N4O3/c1-26(10-7-11-27(2)35(43)44)30-12-13-31-34-32(15-17-37(30,31)4)36(3)16-14-29(24-28(36)25-33(34)42)41-23-9-22-40-20-6-5-19-39-21-8-18-38/h26-34,39-42H,5-25,38H2,1-4H3,(H,43,44)/t26-,27?,28+,29-,30-,31?,32?,33-,34?,36+,37-/m1/s1. The van der Waals surface area contributed by atoms with E-state index in [1.54, 1.807) is 0 Å². The Morgan fingerprint density at radius 1 is 0.818 bits per heavy atom. The average Bonchev–Trinajstić information content (AvgIpc) is 3.35. The molecule has 0 amide bonds. The molecule has 4 fully saturated rings. The summed E-state index contributed by atoms with van der Waals surface area (Å²) in [4.78, 5) is 11.3. The van der Waals surface area contributed by atoms with Gasteiger partial charge in [0.2, 0.25) is 0 Å². The van der Waals surface area contributed by atoms with Crippen LogP contribution in [0.15, 0.2) is 0 Å². The number of carboxylic acid groups (broad SMARTS) is 1. The smallest absolute Gasteiger partial charge is 0.306 e. The van der Waals surface area contributed by atoms with Crippen LogP contribution in [0.25, 0.3) is 0 Å². The summed E-state index contributed by atoms with van der Waals surface area (Å²) in [5.74, 6) is 2.87. The van der Waals surface area contributed by atoms with Crippen molar-refractivity contribution in [1.29, 1.82) is 0 Å². The largest absolute Gasteiger partial charge is 0.481 e. The number of fused-ring (bicyclic) bond motifs is 5. The lowest BCUT2D eigenvalue weighted by Gasteiger charge is -2.62. The quantitative estimate of drug-likeness (QED) is 0.101. The third-order valence-electron chi connectivity index (χ3n) is 13.6. The molecule has 4 unspecified atom stereocenters.